The summed E-state index contributed by atoms with van der Waals surface area (Å²) in [5.74, 6) is -0.0676. The molecule has 1 aliphatic carbocycles. The van der Waals surface area contributed by atoms with Gasteiger partial charge < -0.3 is 20.3 Å². The molecule has 2 atom stereocenters. The molecule has 3 N–H and O–H groups in total. The number of nitrogens with zero attached hydrogens (tertiary/aromatic N) is 2. The molecule has 1 aromatic rings. The number of hydrogen-bond acceptors (Lipinski definition) is 7. The molecule has 128 valence electrons. The highest BCUT2D eigenvalue weighted by Crippen LogP contribution is 2.28. The van der Waals surface area contributed by atoms with Crippen LogP contribution >= 0.6 is 0 Å². The highest BCUT2D eigenvalue weighted by atomic mass is 16.5. The van der Waals surface area contributed by atoms with Gasteiger partial charge in [-0.1, -0.05) is 19.3 Å². The van der Waals surface area contributed by atoms with Crippen LogP contribution in [0.5, 0.6) is 0 Å². The smallest absolute Gasteiger partial charge is 0.376 e. The number of aliphatic hydroxyl groups excluding tert-OH is 2. The molecule has 23 heavy (non-hydrogen) atoms. The molecular weight excluding hydrogens is 298 g/mol. The minimum absolute atomic E-state index is 0.0410. The Bertz CT molecular complexity index is 506. The van der Waals surface area contributed by atoms with Gasteiger partial charge in [-0.15, -0.1) is 0 Å². The van der Waals surface area contributed by atoms with Crippen LogP contribution in [0.25, 0.3) is 0 Å². The van der Waals surface area contributed by atoms with Gasteiger partial charge in [-0.3, -0.25) is 0 Å². The maximum absolute atomic E-state index is 11.7. The molecule has 1 heterocycles. The maximum atomic E-state index is 11.7. The van der Waals surface area contributed by atoms with E-state index in [4.69, 9.17) is 4.74 Å². The summed E-state index contributed by atoms with van der Waals surface area (Å²) in [4.78, 5) is 19.6. The third kappa shape index (κ3) is 4.87. The quantitative estimate of drug-likeness (QED) is 0.651. The monoisotopic (exact) mass is 323 g/mol. The topological polar surface area (TPSA) is 105 Å². The van der Waals surface area contributed by atoms with Gasteiger partial charge in [-0.25, -0.2) is 14.8 Å². The zero-order chi connectivity index (χ0) is 16.7. The summed E-state index contributed by atoms with van der Waals surface area (Å²) in [6, 6.07) is 1.07. The van der Waals surface area contributed by atoms with Gasteiger partial charge in [0.25, 0.3) is 0 Å². The van der Waals surface area contributed by atoms with Crippen molar-refractivity contribution in [2.75, 3.05) is 18.5 Å². The zero-order valence-electron chi connectivity index (χ0n) is 13.4. The fraction of sp³-hybridized carbons (Fsp3) is 0.688. The Kier molecular flexibility index (Phi) is 6.73. The van der Waals surface area contributed by atoms with E-state index in [-0.39, 0.29) is 25.0 Å². The van der Waals surface area contributed by atoms with Crippen molar-refractivity contribution < 1.29 is 19.7 Å². The Morgan fingerprint density at radius 1 is 1.43 bits per heavy atom. The van der Waals surface area contributed by atoms with E-state index in [0.29, 0.717) is 5.82 Å². The molecule has 2 rings (SSSR count). The van der Waals surface area contributed by atoms with Crippen LogP contribution in [-0.4, -0.2) is 51.5 Å². The third-order valence-corrected chi connectivity index (χ3v) is 4.19. The van der Waals surface area contributed by atoms with Crippen molar-refractivity contribution in [3.63, 3.8) is 0 Å². The first-order valence-corrected chi connectivity index (χ1v) is 8.21. The van der Waals surface area contributed by atoms with Gasteiger partial charge >= 0.3 is 5.97 Å². The summed E-state index contributed by atoms with van der Waals surface area (Å²) >= 11 is 0. The van der Waals surface area contributed by atoms with E-state index in [9.17, 15) is 15.0 Å². The van der Waals surface area contributed by atoms with Gasteiger partial charge in [0.15, 0.2) is 0 Å². The number of ether oxygens (including phenoxy) is 1. The normalized spacial score (nSPS) is 18.2. The Hall–Kier alpha value is -1.73. The number of anilines is 1. The predicted octanol–water partition coefficient (Wildman–Crippen LogP) is 1.37. The highest BCUT2D eigenvalue weighted by Gasteiger charge is 2.29. The molecule has 0 aromatic carbocycles. The van der Waals surface area contributed by atoms with E-state index in [1.807, 2.05) is 0 Å². The maximum Gasteiger partial charge on any atom is 0.376 e. The second-order valence-electron chi connectivity index (χ2n) is 5.81. The minimum Gasteiger partial charge on any atom is -0.460 e. The Morgan fingerprint density at radius 3 is 2.83 bits per heavy atom. The zero-order valence-corrected chi connectivity index (χ0v) is 13.4. The van der Waals surface area contributed by atoms with E-state index in [2.05, 4.69) is 15.3 Å². The summed E-state index contributed by atoms with van der Waals surface area (Å²) < 4.78 is 4.87. The van der Waals surface area contributed by atoms with Crippen molar-refractivity contribution in [3.8, 4) is 0 Å². The van der Waals surface area contributed by atoms with Crippen LogP contribution in [0.15, 0.2) is 12.3 Å². The van der Waals surface area contributed by atoms with Crippen LogP contribution in [0.2, 0.25) is 0 Å². The second kappa shape index (κ2) is 8.79. The first kappa shape index (κ1) is 17.6. The molecule has 1 aliphatic rings. The van der Waals surface area contributed by atoms with Crippen LogP contribution in [0.3, 0.4) is 0 Å². The molecule has 1 fully saturated rings. The number of nitrogens with one attached hydrogen (secondary N) is 1. The number of hydrogen-bond donors (Lipinski definition) is 3. The molecule has 0 radical (unpaired) electrons. The molecule has 1 saturated carbocycles. The molecular formula is C16H25N3O4. The first-order chi connectivity index (χ1) is 11.2. The lowest BCUT2D eigenvalue weighted by Crippen LogP contribution is -2.42. The van der Waals surface area contributed by atoms with Crippen molar-refractivity contribution in [3.05, 3.63) is 18.1 Å². The molecule has 0 unspecified atom stereocenters. The van der Waals surface area contributed by atoms with E-state index in [1.54, 1.807) is 13.0 Å². The molecule has 0 spiro atoms. The van der Waals surface area contributed by atoms with E-state index < -0.39 is 18.1 Å². The average Bonchev–Trinajstić information content (AvgIpc) is 2.60. The van der Waals surface area contributed by atoms with Crippen LogP contribution in [-0.2, 0) is 4.74 Å². The van der Waals surface area contributed by atoms with Crippen molar-refractivity contribution in [1.82, 2.24) is 9.97 Å². The predicted molar refractivity (Wildman–Crippen MR) is 85.1 cm³/mol. The Balaban J connectivity index is 2.03. The summed E-state index contributed by atoms with van der Waals surface area (Å²) in [7, 11) is 0. The van der Waals surface area contributed by atoms with Crippen molar-refractivity contribution >= 4 is 11.8 Å². The van der Waals surface area contributed by atoms with Crippen molar-refractivity contribution in [2.24, 2.45) is 5.92 Å². The number of carbonyl (C=O) groups is 1. The van der Waals surface area contributed by atoms with Gasteiger partial charge in [-0.05, 0) is 31.7 Å². The molecule has 0 aliphatic heterocycles. The number of aromatic nitrogens is 2. The van der Waals surface area contributed by atoms with Gasteiger partial charge in [0, 0.05) is 6.20 Å². The molecule has 7 heteroatoms. The van der Waals surface area contributed by atoms with Crippen LogP contribution < -0.4 is 5.32 Å². The van der Waals surface area contributed by atoms with E-state index in [1.165, 1.54) is 12.6 Å². The first-order valence-electron chi connectivity index (χ1n) is 8.21. The van der Waals surface area contributed by atoms with Crippen LogP contribution in [0.4, 0.5) is 5.82 Å². The number of rotatable bonds is 7. The fourth-order valence-electron chi connectivity index (χ4n) is 2.97. The van der Waals surface area contributed by atoms with Gasteiger partial charge in [0.1, 0.15) is 5.82 Å². The van der Waals surface area contributed by atoms with E-state index in [0.717, 1.165) is 25.7 Å². The van der Waals surface area contributed by atoms with Gasteiger partial charge in [-0.2, -0.15) is 0 Å². The summed E-state index contributed by atoms with van der Waals surface area (Å²) in [5.41, 5.74) is 0. The largest absolute Gasteiger partial charge is 0.460 e. The van der Waals surface area contributed by atoms with Crippen molar-refractivity contribution in [1.29, 1.82) is 0 Å². The van der Waals surface area contributed by atoms with Gasteiger partial charge in [0.2, 0.25) is 5.82 Å². The number of esters is 1. The molecule has 1 aromatic heterocycles. The van der Waals surface area contributed by atoms with Crippen LogP contribution in [0, 0.1) is 5.92 Å². The molecule has 0 bridgehead atoms. The standard InChI is InChI=1S/C16H25N3O4/c1-2-23-16(22)15-17-9-8-13(19-15)18-12(10-20)14(21)11-6-4-3-5-7-11/h8-9,11-12,14,20-21H,2-7,10H2,1H3,(H,17,18,19)/t12-,14-/m0/s1. The minimum atomic E-state index is -0.652. The Morgan fingerprint density at radius 2 is 2.17 bits per heavy atom. The van der Waals surface area contributed by atoms with Crippen LogP contribution in [0.1, 0.15) is 49.6 Å². The highest BCUT2D eigenvalue weighted by molar-refractivity contribution is 5.85. The summed E-state index contributed by atoms with van der Waals surface area (Å²) in [6.07, 6.45) is 6.16. The summed E-state index contributed by atoms with van der Waals surface area (Å²) in [6.45, 7) is 1.75. The summed E-state index contributed by atoms with van der Waals surface area (Å²) in [5, 5.41) is 23.1. The molecule has 0 amide bonds. The van der Waals surface area contributed by atoms with Gasteiger partial charge in [0.05, 0.1) is 25.4 Å². The lowest BCUT2D eigenvalue weighted by atomic mass is 9.83. The Labute approximate surface area is 136 Å². The van der Waals surface area contributed by atoms with E-state index >= 15 is 0 Å². The molecule has 0 saturated heterocycles. The lowest BCUT2D eigenvalue weighted by molar-refractivity contribution is 0.0492. The lowest BCUT2D eigenvalue weighted by Gasteiger charge is -2.32. The SMILES string of the molecule is CCOC(=O)c1nccc(N[C@@H](CO)[C@@H](O)C2CCCCC2)n1. The second-order valence-corrected chi connectivity index (χ2v) is 5.81. The average molecular weight is 323 g/mol. The fourth-order valence-corrected chi connectivity index (χ4v) is 2.97. The number of carbonyl (C=O) groups excluding carboxylic acids is 1. The van der Waals surface area contributed by atoms with Crippen molar-refractivity contribution in [2.45, 2.75) is 51.2 Å². The number of aliphatic hydroxyl groups is 2. The molecule has 7 nitrogen and oxygen atoms in total. The third-order valence-electron chi connectivity index (χ3n) is 4.19.